The van der Waals surface area contributed by atoms with Crippen LogP contribution in [0, 0.1) is 6.92 Å². The zero-order valence-corrected chi connectivity index (χ0v) is 21.5. The van der Waals surface area contributed by atoms with Gasteiger partial charge >= 0.3 is 0 Å². The average Bonchev–Trinajstić information content (AvgIpc) is 3.42. The molecule has 1 amide bonds. The second kappa shape index (κ2) is 9.44. The molecule has 1 atom stereocenters. The minimum absolute atomic E-state index is 0.0202. The van der Waals surface area contributed by atoms with Crippen molar-refractivity contribution in [2.24, 2.45) is 0 Å². The van der Waals surface area contributed by atoms with Crippen molar-refractivity contribution in [1.29, 1.82) is 0 Å². The van der Waals surface area contributed by atoms with E-state index in [0.29, 0.717) is 51.4 Å². The molecule has 1 N–H and O–H groups in total. The molecule has 37 heavy (non-hydrogen) atoms. The number of nitrogens with zero attached hydrogens (tertiary/aromatic N) is 3. The lowest BCUT2D eigenvalue weighted by molar-refractivity contribution is 0.101. The Morgan fingerprint density at radius 1 is 1.11 bits per heavy atom. The Labute approximate surface area is 214 Å². The molecule has 1 unspecified atom stereocenters. The number of hydrogen-bond acceptors (Lipinski definition) is 7. The Balaban J connectivity index is 1.67. The number of hydrogen-bond donors (Lipinski definition) is 1. The highest BCUT2D eigenvalue weighted by atomic mass is 32.2. The first-order valence-electron chi connectivity index (χ1n) is 11.8. The second-order valence-corrected chi connectivity index (χ2v) is 11.4. The zero-order chi connectivity index (χ0) is 26.3. The summed E-state index contributed by atoms with van der Waals surface area (Å²) >= 11 is 0. The number of ether oxygens (including phenoxy) is 1. The Morgan fingerprint density at radius 3 is 2.59 bits per heavy atom. The Hall–Kier alpha value is -4.05. The number of methoxy groups -OCH3 is 1. The summed E-state index contributed by atoms with van der Waals surface area (Å²) in [5.41, 5.74) is 3.60. The van der Waals surface area contributed by atoms with Crippen molar-refractivity contribution < 1.29 is 22.7 Å². The molecule has 0 spiro atoms. The summed E-state index contributed by atoms with van der Waals surface area (Å²) in [6.45, 7) is 3.25. The molecule has 5 rings (SSSR count). The Kier molecular flexibility index (Phi) is 6.28. The van der Waals surface area contributed by atoms with Gasteiger partial charge in [0.2, 0.25) is 0 Å². The molecule has 0 aliphatic carbocycles. The highest BCUT2D eigenvalue weighted by molar-refractivity contribution is 7.91. The van der Waals surface area contributed by atoms with Crippen molar-refractivity contribution in [2.75, 3.05) is 23.9 Å². The third-order valence-corrected chi connectivity index (χ3v) is 8.28. The molecule has 3 heterocycles. The lowest BCUT2D eigenvalue weighted by Crippen LogP contribution is -2.15. The quantitative estimate of drug-likeness (QED) is 0.379. The van der Waals surface area contributed by atoms with Gasteiger partial charge in [-0.05, 0) is 50.6 Å². The Morgan fingerprint density at radius 2 is 1.89 bits per heavy atom. The fourth-order valence-corrected chi connectivity index (χ4v) is 6.35. The third-order valence-electron chi connectivity index (χ3n) is 6.53. The lowest BCUT2D eigenvalue weighted by atomic mass is 10.0. The number of sulfone groups is 1. The highest BCUT2D eigenvalue weighted by Crippen LogP contribution is 2.33. The first-order chi connectivity index (χ1) is 17.6. The van der Waals surface area contributed by atoms with Crippen LogP contribution in [0.25, 0.3) is 22.3 Å². The van der Waals surface area contributed by atoms with Gasteiger partial charge in [0.1, 0.15) is 5.75 Å². The maximum absolute atomic E-state index is 13.6. The summed E-state index contributed by atoms with van der Waals surface area (Å²) in [7, 11) is -1.59. The van der Waals surface area contributed by atoms with E-state index in [4.69, 9.17) is 9.72 Å². The molecule has 4 aromatic rings. The van der Waals surface area contributed by atoms with E-state index >= 15 is 0 Å². The van der Waals surface area contributed by atoms with Gasteiger partial charge in [0.15, 0.2) is 21.3 Å². The van der Waals surface area contributed by atoms with Crippen molar-refractivity contribution in [3.63, 3.8) is 0 Å². The van der Waals surface area contributed by atoms with Crippen LogP contribution in [-0.2, 0) is 9.84 Å². The van der Waals surface area contributed by atoms with Gasteiger partial charge in [0, 0.05) is 16.8 Å². The monoisotopic (exact) mass is 518 g/mol. The highest BCUT2D eigenvalue weighted by Gasteiger charge is 2.32. The minimum Gasteiger partial charge on any atom is -0.497 e. The van der Waals surface area contributed by atoms with Crippen LogP contribution in [-0.4, -0.2) is 53.5 Å². The minimum atomic E-state index is -3.16. The normalized spacial score (nSPS) is 16.6. The third kappa shape index (κ3) is 4.84. The number of pyridine rings is 1. The molecule has 0 bridgehead atoms. The number of nitrogens with one attached hydrogen (secondary N) is 1. The number of ketones is 1. The van der Waals surface area contributed by atoms with Gasteiger partial charge in [-0.3, -0.25) is 9.59 Å². The first kappa shape index (κ1) is 24.6. The molecule has 1 aliphatic heterocycles. The van der Waals surface area contributed by atoms with Crippen LogP contribution >= 0.6 is 0 Å². The van der Waals surface area contributed by atoms with Crippen LogP contribution < -0.4 is 10.1 Å². The van der Waals surface area contributed by atoms with E-state index in [1.54, 1.807) is 49.0 Å². The molecule has 0 saturated carbocycles. The van der Waals surface area contributed by atoms with Gasteiger partial charge in [-0.15, -0.1) is 0 Å². The van der Waals surface area contributed by atoms with Crippen molar-refractivity contribution >= 4 is 38.2 Å². The van der Waals surface area contributed by atoms with Crippen molar-refractivity contribution in [3.05, 3.63) is 71.4 Å². The van der Waals surface area contributed by atoms with Crippen molar-refractivity contribution in [3.8, 4) is 17.0 Å². The first-order valence-corrected chi connectivity index (χ1v) is 13.6. The molecule has 1 fully saturated rings. The summed E-state index contributed by atoms with van der Waals surface area (Å²) in [6.07, 6.45) is 0.434. The van der Waals surface area contributed by atoms with Crippen LogP contribution in [0.2, 0.25) is 0 Å². The predicted octanol–water partition coefficient (Wildman–Crippen LogP) is 4.23. The van der Waals surface area contributed by atoms with Gasteiger partial charge in [-0.1, -0.05) is 24.3 Å². The van der Waals surface area contributed by atoms with E-state index in [-0.39, 0.29) is 29.2 Å². The number of aryl methyl sites for hydroxylation is 1. The van der Waals surface area contributed by atoms with Gasteiger partial charge < -0.3 is 10.1 Å². The zero-order valence-electron chi connectivity index (χ0n) is 20.7. The molecule has 2 aromatic carbocycles. The number of carbonyl (C=O) groups is 2. The van der Waals surface area contributed by atoms with Crippen molar-refractivity contribution in [1.82, 2.24) is 14.8 Å². The van der Waals surface area contributed by atoms with Gasteiger partial charge in [0.05, 0.1) is 47.0 Å². The maximum Gasteiger partial charge on any atom is 0.256 e. The molecule has 10 heteroatoms. The molecule has 0 radical (unpaired) electrons. The molecular formula is C27H26N4O5S. The van der Waals surface area contributed by atoms with Crippen LogP contribution in [0.1, 0.15) is 45.8 Å². The van der Waals surface area contributed by atoms with Crippen LogP contribution in [0.5, 0.6) is 5.75 Å². The molecule has 1 saturated heterocycles. The number of amides is 1. The Bertz CT molecular complexity index is 1660. The van der Waals surface area contributed by atoms with E-state index < -0.39 is 9.84 Å². The largest absolute Gasteiger partial charge is 0.497 e. The number of anilines is 1. The standard InChI is InChI=1S/C27H26N4O5S/c1-16-25-23(27(33)28-20-8-4-6-18(12-20)17(2)32)14-24(19-7-5-9-22(13-19)36-3)29-26(25)31(30-16)21-10-11-37(34,35)15-21/h4-9,12-14,21H,10-11,15H2,1-3H3,(H,28,33). The summed E-state index contributed by atoms with van der Waals surface area (Å²) in [5.74, 6) is 0.213. The van der Waals surface area contributed by atoms with E-state index in [9.17, 15) is 18.0 Å². The summed E-state index contributed by atoms with van der Waals surface area (Å²) in [4.78, 5) is 30.3. The van der Waals surface area contributed by atoms with E-state index in [1.807, 2.05) is 24.3 Å². The van der Waals surface area contributed by atoms with Crippen LogP contribution in [0.3, 0.4) is 0 Å². The number of aromatic nitrogens is 3. The predicted molar refractivity (Wildman–Crippen MR) is 141 cm³/mol. The number of fused-ring (bicyclic) bond motifs is 1. The maximum atomic E-state index is 13.6. The molecule has 190 valence electrons. The molecule has 1 aliphatic rings. The van der Waals surface area contributed by atoms with Gasteiger partial charge in [0.25, 0.3) is 5.91 Å². The van der Waals surface area contributed by atoms with Gasteiger partial charge in [-0.2, -0.15) is 5.10 Å². The molecule has 2 aromatic heterocycles. The van der Waals surface area contributed by atoms with Crippen LogP contribution in [0.15, 0.2) is 54.6 Å². The van der Waals surface area contributed by atoms with Crippen molar-refractivity contribution in [2.45, 2.75) is 26.3 Å². The molecule has 9 nitrogen and oxygen atoms in total. The summed E-state index contributed by atoms with van der Waals surface area (Å²) < 4.78 is 31.4. The topological polar surface area (TPSA) is 120 Å². The smallest absolute Gasteiger partial charge is 0.256 e. The number of carbonyl (C=O) groups excluding carboxylic acids is 2. The van der Waals surface area contributed by atoms with E-state index in [2.05, 4.69) is 10.4 Å². The molecular weight excluding hydrogens is 492 g/mol. The van der Waals surface area contributed by atoms with Crippen LogP contribution in [0.4, 0.5) is 5.69 Å². The van der Waals surface area contributed by atoms with Gasteiger partial charge in [-0.25, -0.2) is 18.1 Å². The van der Waals surface area contributed by atoms with E-state index in [0.717, 1.165) is 5.56 Å². The lowest BCUT2D eigenvalue weighted by Gasteiger charge is -2.13. The average molecular weight is 519 g/mol. The second-order valence-electron chi connectivity index (χ2n) is 9.16. The number of Topliss-reactive ketones (excluding diaryl/α,β-unsaturated/α-hetero) is 1. The number of benzene rings is 2. The summed E-state index contributed by atoms with van der Waals surface area (Å²) in [5, 5.41) is 8.08. The fraction of sp³-hybridized carbons (Fsp3) is 0.259. The fourth-order valence-electron chi connectivity index (χ4n) is 4.66. The number of rotatable bonds is 6. The SMILES string of the molecule is COc1cccc(-c2cc(C(=O)Nc3cccc(C(C)=O)c3)c3c(C)nn(C4CCS(=O)(=O)C4)c3n2)c1. The van der Waals surface area contributed by atoms with E-state index in [1.165, 1.54) is 6.92 Å². The summed E-state index contributed by atoms with van der Waals surface area (Å²) in [6, 6.07) is 15.4.